The number of benzene rings is 1. The second-order valence-corrected chi connectivity index (χ2v) is 5.01. The molecule has 1 rings (SSSR count). The first-order valence-electron chi connectivity index (χ1n) is 5.08. The fourth-order valence-corrected chi connectivity index (χ4v) is 1.79. The van der Waals surface area contributed by atoms with Crippen LogP contribution in [0.4, 0.5) is 0 Å². The fraction of sp³-hybridized carbons (Fsp3) is 0.273. The summed E-state index contributed by atoms with van der Waals surface area (Å²) in [6, 6.07) is 4.36. The SMILES string of the molecule is CC(/C(N)=N/O)N(C)C(=O)c1ccc(Cl)c(Br)c1. The van der Waals surface area contributed by atoms with Gasteiger partial charge < -0.3 is 15.8 Å². The largest absolute Gasteiger partial charge is 0.409 e. The highest BCUT2D eigenvalue weighted by molar-refractivity contribution is 9.10. The molecule has 0 aromatic heterocycles. The Morgan fingerprint density at radius 3 is 2.72 bits per heavy atom. The van der Waals surface area contributed by atoms with Gasteiger partial charge in [-0.2, -0.15) is 0 Å². The van der Waals surface area contributed by atoms with Crippen molar-refractivity contribution in [3.63, 3.8) is 0 Å². The molecule has 98 valence electrons. The molecule has 0 radical (unpaired) electrons. The zero-order chi connectivity index (χ0) is 13.9. The minimum Gasteiger partial charge on any atom is -0.409 e. The van der Waals surface area contributed by atoms with Gasteiger partial charge in [0, 0.05) is 17.1 Å². The second kappa shape index (κ2) is 6.06. The molecule has 0 aliphatic rings. The molecule has 0 bridgehead atoms. The third-order valence-corrected chi connectivity index (χ3v) is 3.83. The van der Waals surface area contributed by atoms with E-state index < -0.39 is 6.04 Å². The standard InChI is InChI=1S/C11H13BrClN3O2/c1-6(10(14)15-18)16(2)11(17)7-3-4-9(13)8(12)5-7/h3-6,18H,1-2H3,(H2,14,15). The Balaban J connectivity index is 2.96. The van der Waals surface area contributed by atoms with Gasteiger partial charge >= 0.3 is 0 Å². The normalized spacial score (nSPS) is 13.2. The highest BCUT2D eigenvalue weighted by atomic mass is 79.9. The van der Waals surface area contributed by atoms with Gasteiger partial charge in [0.15, 0.2) is 5.84 Å². The summed E-state index contributed by atoms with van der Waals surface area (Å²) in [6.45, 7) is 1.66. The Morgan fingerprint density at radius 2 is 2.22 bits per heavy atom. The van der Waals surface area contributed by atoms with Crippen LogP contribution in [0.25, 0.3) is 0 Å². The molecule has 0 saturated heterocycles. The third kappa shape index (κ3) is 3.14. The lowest BCUT2D eigenvalue weighted by Gasteiger charge is -2.23. The number of carbonyl (C=O) groups excluding carboxylic acids is 1. The van der Waals surface area contributed by atoms with Gasteiger partial charge in [0.05, 0.1) is 11.1 Å². The second-order valence-electron chi connectivity index (χ2n) is 3.75. The maximum Gasteiger partial charge on any atom is 0.254 e. The minimum absolute atomic E-state index is 0.0288. The van der Waals surface area contributed by atoms with E-state index in [-0.39, 0.29) is 11.7 Å². The summed E-state index contributed by atoms with van der Waals surface area (Å²) < 4.78 is 0.639. The molecule has 1 aromatic carbocycles. The summed E-state index contributed by atoms with van der Waals surface area (Å²) in [6.07, 6.45) is 0. The van der Waals surface area contributed by atoms with E-state index in [0.717, 1.165) is 0 Å². The van der Waals surface area contributed by atoms with Gasteiger partial charge in [-0.3, -0.25) is 4.79 Å². The van der Waals surface area contributed by atoms with Crippen LogP contribution in [0.1, 0.15) is 17.3 Å². The molecular weight excluding hydrogens is 321 g/mol. The quantitative estimate of drug-likeness (QED) is 0.385. The molecule has 0 aliphatic carbocycles. The molecule has 5 nitrogen and oxygen atoms in total. The molecular formula is C11H13BrClN3O2. The Hall–Kier alpha value is -1.27. The number of carbonyl (C=O) groups is 1. The van der Waals surface area contributed by atoms with Crippen LogP contribution in [0.5, 0.6) is 0 Å². The smallest absolute Gasteiger partial charge is 0.254 e. The zero-order valence-electron chi connectivity index (χ0n) is 9.89. The minimum atomic E-state index is -0.503. The van der Waals surface area contributed by atoms with Crippen molar-refractivity contribution in [2.45, 2.75) is 13.0 Å². The number of likely N-dealkylation sites (N-methyl/N-ethyl adjacent to an activating group) is 1. The summed E-state index contributed by atoms with van der Waals surface area (Å²) in [5.41, 5.74) is 5.93. The first-order valence-corrected chi connectivity index (χ1v) is 6.25. The number of nitrogens with zero attached hydrogens (tertiary/aromatic N) is 2. The van der Waals surface area contributed by atoms with Crippen molar-refractivity contribution in [1.29, 1.82) is 0 Å². The topological polar surface area (TPSA) is 78.9 Å². The average Bonchev–Trinajstić information content (AvgIpc) is 2.38. The number of amidine groups is 1. The number of amides is 1. The van der Waals surface area contributed by atoms with Gasteiger partial charge in [-0.05, 0) is 41.1 Å². The Labute approximate surface area is 118 Å². The summed E-state index contributed by atoms with van der Waals surface area (Å²) >= 11 is 9.11. The number of oxime groups is 1. The fourth-order valence-electron chi connectivity index (χ4n) is 1.29. The molecule has 3 N–H and O–H groups in total. The summed E-state index contributed by atoms with van der Waals surface area (Å²) in [7, 11) is 1.58. The van der Waals surface area contributed by atoms with Gasteiger partial charge in [-0.15, -0.1) is 0 Å². The van der Waals surface area contributed by atoms with Crippen molar-refractivity contribution >= 4 is 39.3 Å². The average molecular weight is 335 g/mol. The van der Waals surface area contributed by atoms with E-state index in [4.69, 9.17) is 22.5 Å². The van der Waals surface area contributed by atoms with Crippen LogP contribution in [0.3, 0.4) is 0 Å². The first-order chi connectivity index (χ1) is 8.38. The molecule has 1 unspecified atom stereocenters. The molecule has 7 heteroatoms. The number of rotatable bonds is 3. The van der Waals surface area contributed by atoms with Crippen molar-refractivity contribution in [3.05, 3.63) is 33.3 Å². The van der Waals surface area contributed by atoms with Crippen LogP contribution in [-0.2, 0) is 0 Å². The van der Waals surface area contributed by atoms with Crippen LogP contribution in [-0.4, -0.2) is 34.9 Å². The lowest BCUT2D eigenvalue weighted by Crippen LogP contribution is -2.43. The zero-order valence-corrected chi connectivity index (χ0v) is 12.2. The lowest BCUT2D eigenvalue weighted by atomic mass is 10.1. The van der Waals surface area contributed by atoms with Crippen LogP contribution in [0.15, 0.2) is 27.8 Å². The van der Waals surface area contributed by atoms with Gasteiger partial charge in [0.2, 0.25) is 0 Å². The third-order valence-electron chi connectivity index (χ3n) is 2.61. The van der Waals surface area contributed by atoms with E-state index in [1.54, 1.807) is 32.2 Å². The van der Waals surface area contributed by atoms with E-state index in [1.807, 2.05) is 0 Å². The van der Waals surface area contributed by atoms with E-state index in [2.05, 4.69) is 21.1 Å². The van der Waals surface area contributed by atoms with Crippen LogP contribution < -0.4 is 5.73 Å². The predicted octanol–water partition coefficient (Wildman–Crippen LogP) is 2.31. The molecule has 0 fully saturated rings. The molecule has 0 spiro atoms. The summed E-state index contributed by atoms with van der Waals surface area (Å²) in [5, 5.41) is 12.0. The monoisotopic (exact) mass is 333 g/mol. The van der Waals surface area contributed by atoms with Crippen LogP contribution in [0, 0.1) is 0 Å². The summed E-state index contributed by atoms with van der Waals surface area (Å²) in [5.74, 6) is -0.273. The summed E-state index contributed by atoms with van der Waals surface area (Å²) in [4.78, 5) is 13.5. The van der Waals surface area contributed by atoms with E-state index in [0.29, 0.717) is 15.1 Å². The van der Waals surface area contributed by atoms with Crippen molar-refractivity contribution in [2.24, 2.45) is 10.9 Å². The number of hydrogen-bond donors (Lipinski definition) is 2. The molecule has 1 atom stereocenters. The van der Waals surface area contributed by atoms with Crippen LogP contribution in [0.2, 0.25) is 5.02 Å². The van der Waals surface area contributed by atoms with Gasteiger partial charge in [-0.25, -0.2) is 0 Å². The van der Waals surface area contributed by atoms with Crippen molar-refractivity contribution in [3.8, 4) is 0 Å². The van der Waals surface area contributed by atoms with Gasteiger partial charge in [-0.1, -0.05) is 16.8 Å². The van der Waals surface area contributed by atoms with Crippen molar-refractivity contribution in [2.75, 3.05) is 7.05 Å². The predicted molar refractivity (Wildman–Crippen MR) is 74.1 cm³/mol. The van der Waals surface area contributed by atoms with Gasteiger partial charge in [0.25, 0.3) is 5.91 Å². The van der Waals surface area contributed by atoms with E-state index in [9.17, 15) is 4.79 Å². The van der Waals surface area contributed by atoms with E-state index >= 15 is 0 Å². The maximum atomic E-state index is 12.1. The number of hydrogen-bond acceptors (Lipinski definition) is 3. The molecule has 1 aromatic rings. The Morgan fingerprint density at radius 1 is 1.61 bits per heavy atom. The molecule has 0 aliphatic heterocycles. The highest BCUT2D eigenvalue weighted by Crippen LogP contribution is 2.23. The number of nitrogens with two attached hydrogens (primary N) is 1. The highest BCUT2D eigenvalue weighted by Gasteiger charge is 2.21. The molecule has 0 heterocycles. The van der Waals surface area contributed by atoms with Crippen molar-refractivity contribution in [1.82, 2.24) is 4.90 Å². The first kappa shape index (κ1) is 14.8. The van der Waals surface area contributed by atoms with Gasteiger partial charge in [0.1, 0.15) is 0 Å². The lowest BCUT2D eigenvalue weighted by molar-refractivity contribution is 0.0776. The molecule has 1 amide bonds. The maximum absolute atomic E-state index is 12.1. The van der Waals surface area contributed by atoms with E-state index in [1.165, 1.54) is 4.90 Å². The molecule has 0 saturated carbocycles. The number of halogens is 2. The van der Waals surface area contributed by atoms with Crippen LogP contribution >= 0.6 is 27.5 Å². The van der Waals surface area contributed by atoms with Crippen molar-refractivity contribution < 1.29 is 10.0 Å². The Bertz CT molecular complexity index is 493. The molecule has 18 heavy (non-hydrogen) atoms. The Kier molecular flexibility index (Phi) is 4.98.